The number of hydrogen-bond donors (Lipinski definition) is 1. The molecular weight excluding hydrogens is 408 g/mol. The summed E-state index contributed by atoms with van der Waals surface area (Å²) in [6.45, 7) is 5.94. The number of hydrogen-bond acceptors (Lipinski definition) is 4. The number of rotatable bonds is 11. The van der Waals surface area contributed by atoms with E-state index in [-0.39, 0.29) is 11.4 Å². The van der Waals surface area contributed by atoms with E-state index in [0.717, 1.165) is 29.8 Å². The number of terminal acetylenes is 1. The Kier molecular flexibility index (Phi) is 8.74. The quantitative estimate of drug-likeness (QED) is 0.436. The lowest BCUT2D eigenvalue weighted by Gasteiger charge is -2.22. The zero-order valence-electron chi connectivity index (χ0n) is 16.4. The molecule has 0 aliphatic carbocycles. The molecule has 0 fully saturated rings. The third kappa shape index (κ3) is 6.91. The molecule has 0 heterocycles. The summed E-state index contributed by atoms with van der Waals surface area (Å²) in [7, 11) is -1.94. The number of nitrogens with zero attached hydrogens (tertiary/aromatic N) is 1. The fourth-order valence-corrected chi connectivity index (χ4v) is 4.00. The summed E-state index contributed by atoms with van der Waals surface area (Å²) in [6.07, 6.45) is 7.72. The van der Waals surface area contributed by atoms with Crippen molar-refractivity contribution in [3.8, 4) is 18.1 Å². The largest absolute Gasteiger partial charge is 0.496 e. The smallest absolute Gasteiger partial charge is 0.241 e. The lowest BCUT2D eigenvalue weighted by atomic mass is 10.1. The summed E-state index contributed by atoms with van der Waals surface area (Å²) in [5.74, 6) is 3.05. The molecule has 0 amide bonds. The fraction of sp³-hybridized carbons (Fsp3) is 0.273. The standard InChI is InChI=1S/C22H25ClN2O3S/c1-4-13-24-29(26,27)21-9-6-18(7-10-21)12-15-25(14-5-2)17-19-16-20(23)8-11-22(19)28-3/h1,5-11,16,24H,2,12-15,17H2,3H3. The second-order valence-electron chi connectivity index (χ2n) is 6.40. The Hall–Kier alpha value is -2.30. The molecule has 1 N–H and O–H groups in total. The van der Waals surface area contributed by atoms with Gasteiger partial charge in [-0.2, -0.15) is 4.72 Å². The van der Waals surface area contributed by atoms with Crippen molar-refractivity contribution in [2.75, 3.05) is 26.7 Å². The summed E-state index contributed by atoms with van der Waals surface area (Å²) in [4.78, 5) is 2.42. The molecule has 2 rings (SSSR count). The van der Waals surface area contributed by atoms with E-state index in [4.69, 9.17) is 22.8 Å². The van der Waals surface area contributed by atoms with Gasteiger partial charge in [0, 0.05) is 30.2 Å². The molecule has 0 aliphatic rings. The molecule has 0 aromatic heterocycles. The molecule has 0 radical (unpaired) electrons. The summed E-state index contributed by atoms with van der Waals surface area (Å²) in [6, 6.07) is 12.4. The van der Waals surface area contributed by atoms with Gasteiger partial charge in [0.2, 0.25) is 10.0 Å². The molecule has 0 saturated heterocycles. The first-order valence-electron chi connectivity index (χ1n) is 9.07. The highest BCUT2D eigenvalue weighted by molar-refractivity contribution is 7.89. The molecule has 0 bridgehead atoms. The van der Waals surface area contributed by atoms with Gasteiger partial charge in [0.05, 0.1) is 18.6 Å². The van der Waals surface area contributed by atoms with Crippen LogP contribution in [0.3, 0.4) is 0 Å². The zero-order chi connectivity index (χ0) is 21.3. The minimum atomic E-state index is -3.57. The molecule has 2 aromatic rings. The topological polar surface area (TPSA) is 58.6 Å². The van der Waals surface area contributed by atoms with Crippen LogP contribution >= 0.6 is 11.6 Å². The van der Waals surface area contributed by atoms with Crippen molar-refractivity contribution >= 4 is 21.6 Å². The summed E-state index contributed by atoms with van der Waals surface area (Å²) in [5, 5.41) is 0.662. The molecule has 154 valence electrons. The Morgan fingerprint density at radius 1 is 1.28 bits per heavy atom. The van der Waals surface area contributed by atoms with E-state index in [1.54, 1.807) is 25.3 Å². The van der Waals surface area contributed by atoms with Gasteiger partial charge < -0.3 is 4.74 Å². The van der Waals surface area contributed by atoms with E-state index in [0.29, 0.717) is 18.1 Å². The van der Waals surface area contributed by atoms with Gasteiger partial charge in [-0.05, 0) is 42.3 Å². The Morgan fingerprint density at radius 3 is 2.62 bits per heavy atom. The van der Waals surface area contributed by atoms with Gasteiger partial charge >= 0.3 is 0 Å². The van der Waals surface area contributed by atoms with Crippen molar-refractivity contribution in [2.24, 2.45) is 0 Å². The van der Waals surface area contributed by atoms with Crippen molar-refractivity contribution in [1.82, 2.24) is 9.62 Å². The van der Waals surface area contributed by atoms with Gasteiger partial charge in [-0.25, -0.2) is 8.42 Å². The molecule has 0 spiro atoms. The van der Waals surface area contributed by atoms with Crippen LogP contribution < -0.4 is 9.46 Å². The minimum absolute atomic E-state index is 0.0342. The van der Waals surface area contributed by atoms with Gasteiger partial charge in [0.25, 0.3) is 0 Å². The Balaban J connectivity index is 2.05. The molecule has 29 heavy (non-hydrogen) atoms. The van der Waals surface area contributed by atoms with Crippen LogP contribution in [0.1, 0.15) is 11.1 Å². The lowest BCUT2D eigenvalue weighted by molar-refractivity contribution is 0.291. The van der Waals surface area contributed by atoms with Crippen molar-refractivity contribution in [2.45, 2.75) is 17.9 Å². The average Bonchev–Trinajstić information content (AvgIpc) is 2.71. The van der Waals surface area contributed by atoms with E-state index in [2.05, 4.69) is 22.1 Å². The van der Waals surface area contributed by atoms with Crippen LogP contribution in [0.2, 0.25) is 5.02 Å². The zero-order valence-corrected chi connectivity index (χ0v) is 18.0. The summed E-state index contributed by atoms with van der Waals surface area (Å²) in [5.41, 5.74) is 2.04. The maximum Gasteiger partial charge on any atom is 0.241 e. The van der Waals surface area contributed by atoms with Gasteiger partial charge in [0.1, 0.15) is 5.75 Å². The number of halogens is 1. The summed E-state index contributed by atoms with van der Waals surface area (Å²) >= 11 is 6.13. The Labute approximate surface area is 178 Å². The molecule has 2 aromatic carbocycles. The number of sulfonamides is 1. The highest BCUT2D eigenvalue weighted by atomic mass is 35.5. The third-order valence-corrected chi connectivity index (χ3v) is 5.99. The SMILES string of the molecule is C#CCNS(=O)(=O)c1ccc(CCN(CC=C)Cc2cc(Cl)ccc2OC)cc1. The molecule has 0 saturated carbocycles. The van der Waals surface area contributed by atoms with Gasteiger partial charge in [-0.3, -0.25) is 4.90 Å². The predicted molar refractivity (Wildman–Crippen MR) is 118 cm³/mol. The van der Waals surface area contributed by atoms with Crippen LogP contribution in [-0.2, 0) is 23.0 Å². The Morgan fingerprint density at radius 2 is 2.00 bits per heavy atom. The summed E-state index contributed by atoms with van der Waals surface area (Å²) < 4.78 is 32.0. The van der Waals surface area contributed by atoms with Crippen LogP contribution in [0, 0.1) is 12.3 Å². The number of ether oxygens (including phenoxy) is 1. The van der Waals surface area contributed by atoms with Crippen molar-refractivity contribution in [1.29, 1.82) is 0 Å². The van der Waals surface area contributed by atoms with E-state index >= 15 is 0 Å². The first-order valence-corrected chi connectivity index (χ1v) is 10.9. The van der Waals surface area contributed by atoms with Crippen LogP contribution in [-0.4, -0.2) is 40.1 Å². The van der Waals surface area contributed by atoms with Gasteiger partial charge in [0.15, 0.2) is 0 Å². The van der Waals surface area contributed by atoms with Crippen LogP contribution in [0.25, 0.3) is 0 Å². The maximum atomic E-state index is 12.1. The third-order valence-electron chi connectivity index (χ3n) is 4.34. The minimum Gasteiger partial charge on any atom is -0.496 e. The average molecular weight is 433 g/mol. The monoisotopic (exact) mass is 432 g/mol. The Bertz CT molecular complexity index is 967. The van der Waals surface area contributed by atoms with E-state index in [1.165, 1.54) is 0 Å². The lowest BCUT2D eigenvalue weighted by Crippen LogP contribution is -2.26. The molecule has 5 nitrogen and oxygen atoms in total. The van der Waals surface area contributed by atoms with E-state index in [1.807, 2.05) is 30.3 Å². The molecule has 0 unspecified atom stereocenters. The van der Waals surface area contributed by atoms with E-state index in [9.17, 15) is 8.42 Å². The highest BCUT2D eigenvalue weighted by Crippen LogP contribution is 2.24. The van der Waals surface area contributed by atoms with E-state index < -0.39 is 10.0 Å². The van der Waals surface area contributed by atoms with Crippen LogP contribution in [0.15, 0.2) is 60.0 Å². The number of nitrogens with one attached hydrogen (secondary N) is 1. The van der Waals surface area contributed by atoms with Gasteiger partial charge in [-0.1, -0.05) is 35.7 Å². The maximum absolute atomic E-state index is 12.1. The molecular formula is C22H25ClN2O3S. The predicted octanol–water partition coefficient (Wildman–Crippen LogP) is 3.49. The van der Waals surface area contributed by atoms with Crippen molar-refractivity contribution in [3.05, 3.63) is 71.3 Å². The van der Waals surface area contributed by atoms with Gasteiger partial charge in [-0.15, -0.1) is 13.0 Å². The molecule has 0 aliphatic heterocycles. The van der Waals surface area contributed by atoms with Crippen molar-refractivity contribution in [3.63, 3.8) is 0 Å². The number of methoxy groups -OCH3 is 1. The highest BCUT2D eigenvalue weighted by Gasteiger charge is 2.13. The second kappa shape index (κ2) is 11.0. The number of benzene rings is 2. The van der Waals surface area contributed by atoms with Crippen LogP contribution in [0.4, 0.5) is 0 Å². The molecule has 0 atom stereocenters. The first-order chi connectivity index (χ1) is 13.9. The molecule has 7 heteroatoms. The first kappa shape index (κ1) is 23.0. The van der Waals surface area contributed by atoms with Crippen molar-refractivity contribution < 1.29 is 13.2 Å². The normalized spacial score (nSPS) is 11.2. The van der Waals surface area contributed by atoms with Crippen LogP contribution in [0.5, 0.6) is 5.75 Å². The second-order valence-corrected chi connectivity index (χ2v) is 8.61. The fourth-order valence-electron chi connectivity index (χ4n) is 2.87.